The van der Waals surface area contributed by atoms with Gasteiger partial charge in [0.1, 0.15) is 31.1 Å². The highest BCUT2D eigenvalue weighted by Crippen LogP contribution is 2.17. The van der Waals surface area contributed by atoms with Crippen LogP contribution in [0.2, 0.25) is 0 Å². The zero-order valence-electron chi connectivity index (χ0n) is 20.6. The van der Waals surface area contributed by atoms with Gasteiger partial charge in [0.2, 0.25) is 0 Å². The smallest absolute Gasteiger partial charge is 0.274 e. The summed E-state index contributed by atoms with van der Waals surface area (Å²) in [6.07, 6.45) is -5.12. The first-order valence-electron chi connectivity index (χ1n) is 12.1. The molecule has 1 saturated heterocycles. The Morgan fingerprint density at radius 3 is 2.29 bits per heavy atom. The van der Waals surface area contributed by atoms with Gasteiger partial charge in [0.15, 0.2) is 0 Å². The van der Waals surface area contributed by atoms with Crippen LogP contribution < -0.4 is 5.48 Å². The summed E-state index contributed by atoms with van der Waals surface area (Å²) in [5.41, 5.74) is 3.46. The topological polar surface area (TPSA) is 163 Å². The first-order chi connectivity index (χ1) is 16.6. The predicted octanol–water partition coefficient (Wildman–Crippen LogP) is -0.614. The quantitative estimate of drug-likeness (QED) is 0.195. The molecule has 6 N–H and O–H groups in total. The second-order valence-corrected chi connectivity index (χ2v) is 9.02. The normalized spacial score (nSPS) is 19.7. The number of carbonyl (C=O) groups excluding carboxylic acids is 2. The molecule has 11 nitrogen and oxygen atoms in total. The Kier molecular flexibility index (Phi) is 11.5. The van der Waals surface area contributed by atoms with E-state index in [9.17, 15) is 35.1 Å². The van der Waals surface area contributed by atoms with Gasteiger partial charge in [-0.1, -0.05) is 13.8 Å². The molecule has 0 saturated carbocycles. The molecule has 1 fully saturated rings. The number of amides is 2. The third-order valence-corrected chi connectivity index (χ3v) is 5.90. The lowest BCUT2D eigenvalue weighted by Gasteiger charge is -2.31. The highest BCUT2D eigenvalue weighted by Gasteiger charge is 2.36. The number of hydroxylamine groups is 1. The Hall–Kier alpha value is -2.12. The number of carbonyl (C=O) groups is 2. The number of benzene rings is 1. The summed E-state index contributed by atoms with van der Waals surface area (Å²) >= 11 is 0. The molecule has 11 heteroatoms. The fourth-order valence-corrected chi connectivity index (χ4v) is 4.05. The van der Waals surface area contributed by atoms with E-state index >= 15 is 0 Å². The van der Waals surface area contributed by atoms with Crippen molar-refractivity contribution in [1.29, 1.82) is 0 Å². The van der Waals surface area contributed by atoms with Crippen LogP contribution in [0.4, 0.5) is 0 Å². The summed E-state index contributed by atoms with van der Waals surface area (Å²) < 4.78 is 0. The minimum Gasteiger partial charge on any atom is -0.392 e. The van der Waals surface area contributed by atoms with Gasteiger partial charge in [-0.3, -0.25) is 19.3 Å². The predicted molar refractivity (Wildman–Crippen MR) is 127 cm³/mol. The third kappa shape index (κ3) is 8.21. The molecule has 0 bridgehead atoms. The maximum Gasteiger partial charge on any atom is 0.274 e. The Morgan fingerprint density at radius 1 is 1.09 bits per heavy atom. The average molecular weight is 498 g/mol. The zero-order valence-corrected chi connectivity index (χ0v) is 20.6. The van der Waals surface area contributed by atoms with Crippen molar-refractivity contribution in [1.82, 2.24) is 15.3 Å². The van der Waals surface area contributed by atoms with E-state index in [-0.39, 0.29) is 18.0 Å². The SMILES string of the molecule is CCCN(CCC)C(=O)c1cc(C)cc(C(=O)NOC[C@H](O)[C@H](O)[C@H](O)C(O)N2CC[C@@H](O)C2)c1. The van der Waals surface area contributed by atoms with Crippen LogP contribution >= 0.6 is 0 Å². The third-order valence-electron chi connectivity index (χ3n) is 5.90. The monoisotopic (exact) mass is 497 g/mol. The van der Waals surface area contributed by atoms with E-state index in [1.54, 1.807) is 24.0 Å². The van der Waals surface area contributed by atoms with Crippen LogP contribution in [0.3, 0.4) is 0 Å². The number of hydrogen-bond acceptors (Lipinski definition) is 9. The molecule has 5 atom stereocenters. The molecular formula is C24H39N3O8. The highest BCUT2D eigenvalue weighted by atomic mass is 16.7. The summed E-state index contributed by atoms with van der Waals surface area (Å²) in [6, 6.07) is 4.78. The van der Waals surface area contributed by atoms with E-state index in [2.05, 4.69) is 5.48 Å². The van der Waals surface area contributed by atoms with Crippen LogP contribution in [0.15, 0.2) is 18.2 Å². The maximum atomic E-state index is 12.9. The van der Waals surface area contributed by atoms with E-state index in [0.717, 1.165) is 12.8 Å². The van der Waals surface area contributed by atoms with Crippen molar-refractivity contribution < 1.29 is 40.0 Å². The molecule has 198 valence electrons. The van der Waals surface area contributed by atoms with Gasteiger partial charge in [0.25, 0.3) is 11.8 Å². The van der Waals surface area contributed by atoms with Crippen molar-refractivity contribution >= 4 is 11.8 Å². The standard InChI is InChI=1S/C24H39N3O8/c1-4-7-26(8-5-2)23(33)17-11-15(3)10-16(12-17)22(32)25-35-14-19(29)20(30)21(31)24(34)27-9-6-18(28)13-27/h10-12,18-21,24,28-31,34H,4-9,13-14H2,1-3H3,(H,25,32)/t18-,19+,20+,21+,24?/m1/s1. The van der Waals surface area contributed by atoms with Gasteiger partial charge in [-0.05, 0) is 49.9 Å². The molecule has 1 aliphatic heterocycles. The Balaban J connectivity index is 1.93. The largest absolute Gasteiger partial charge is 0.392 e. The van der Waals surface area contributed by atoms with Crippen LogP contribution in [-0.2, 0) is 4.84 Å². The molecule has 0 aliphatic carbocycles. The number of β-amino-alcohol motifs (C(OH)–C–C–N with tert-alkyl or cyclic N) is 1. The number of likely N-dealkylation sites (tertiary alicyclic amines) is 1. The van der Waals surface area contributed by atoms with Crippen molar-refractivity contribution in [3.8, 4) is 0 Å². The number of aliphatic hydroxyl groups is 5. The summed E-state index contributed by atoms with van der Waals surface area (Å²) in [5, 5.41) is 50.2. The number of rotatable bonds is 13. The Bertz CT molecular complexity index is 833. The number of nitrogens with one attached hydrogen (secondary N) is 1. The molecule has 2 amide bonds. The van der Waals surface area contributed by atoms with E-state index in [4.69, 9.17) is 4.84 Å². The summed E-state index contributed by atoms with van der Waals surface area (Å²) in [7, 11) is 0. The molecule has 1 unspecified atom stereocenters. The fraction of sp³-hybridized carbons (Fsp3) is 0.667. The molecule has 1 heterocycles. The molecule has 0 aromatic heterocycles. The van der Waals surface area contributed by atoms with Gasteiger partial charge in [-0.2, -0.15) is 0 Å². The molecule has 1 aromatic rings. The first kappa shape index (κ1) is 29.1. The summed E-state index contributed by atoms with van der Waals surface area (Å²) in [4.78, 5) is 33.6. The van der Waals surface area contributed by atoms with Crippen LogP contribution in [-0.4, -0.2) is 111 Å². The number of aryl methyl sites for hydroxylation is 1. The van der Waals surface area contributed by atoms with Crippen molar-refractivity contribution in [2.24, 2.45) is 0 Å². The van der Waals surface area contributed by atoms with Gasteiger partial charge in [-0.25, -0.2) is 5.48 Å². The van der Waals surface area contributed by atoms with Crippen molar-refractivity contribution in [3.05, 3.63) is 34.9 Å². The zero-order chi connectivity index (χ0) is 26.1. The number of nitrogens with zero attached hydrogens (tertiary/aromatic N) is 2. The van der Waals surface area contributed by atoms with Gasteiger partial charge in [-0.15, -0.1) is 0 Å². The highest BCUT2D eigenvalue weighted by molar-refractivity contribution is 5.99. The minimum absolute atomic E-state index is 0.142. The molecule has 35 heavy (non-hydrogen) atoms. The average Bonchev–Trinajstić information content (AvgIpc) is 3.27. The number of aliphatic hydroxyl groups excluding tert-OH is 5. The first-order valence-corrected chi connectivity index (χ1v) is 12.1. The van der Waals surface area contributed by atoms with Gasteiger partial charge < -0.3 is 30.4 Å². The van der Waals surface area contributed by atoms with E-state index in [0.29, 0.717) is 37.2 Å². The summed E-state index contributed by atoms with van der Waals surface area (Å²) in [6.45, 7) is 6.90. The maximum absolute atomic E-state index is 12.9. The second kappa shape index (κ2) is 13.8. The molecule has 1 aliphatic rings. The van der Waals surface area contributed by atoms with Crippen LogP contribution in [0.25, 0.3) is 0 Å². The molecule has 0 radical (unpaired) electrons. The lowest BCUT2D eigenvalue weighted by Crippen LogP contribution is -2.52. The fourth-order valence-electron chi connectivity index (χ4n) is 4.05. The van der Waals surface area contributed by atoms with Crippen molar-refractivity contribution in [3.63, 3.8) is 0 Å². The Labute approximate surface area is 205 Å². The Morgan fingerprint density at radius 2 is 1.71 bits per heavy atom. The van der Waals surface area contributed by atoms with E-state index in [1.165, 1.54) is 11.0 Å². The molecular weight excluding hydrogens is 458 g/mol. The number of hydrogen-bond donors (Lipinski definition) is 6. The van der Waals surface area contributed by atoms with Crippen molar-refractivity contribution in [2.75, 3.05) is 32.8 Å². The second-order valence-electron chi connectivity index (χ2n) is 9.02. The van der Waals surface area contributed by atoms with Crippen molar-refractivity contribution in [2.45, 2.75) is 70.7 Å². The lowest BCUT2D eigenvalue weighted by atomic mass is 10.0. The lowest BCUT2D eigenvalue weighted by molar-refractivity contribution is -0.159. The van der Waals surface area contributed by atoms with E-state index in [1.807, 2.05) is 13.8 Å². The van der Waals surface area contributed by atoms with E-state index < -0.39 is 43.2 Å². The minimum atomic E-state index is -1.76. The van der Waals surface area contributed by atoms with Gasteiger partial charge in [0.05, 0.1) is 6.10 Å². The van der Waals surface area contributed by atoms with Crippen LogP contribution in [0.5, 0.6) is 0 Å². The molecule has 1 aromatic carbocycles. The van der Waals surface area contributed by atoms with Crippen LogP contribution in [0.1, 0.15) is 59.4 Å². The molecule has 2 rings (SSSR count). The molecule has 0 spiro atoms. The van der Waals surface area contributed by atoms with Gasteiger partial charge >= 0.3 is 0 Å². The summed E-state index contributed by atoms with van der Waals surface area (Å²) in [5.74, 6) is -0.808. The van der Waals surface area contributed by atoms with Gasteiger partial charge in [0, 0.05) is 37.3 Å². The van der Waals surface area contributed by atoms with Crippen LogP contribution in [0, 0.1) is 6.92 Å².